The fourth-order valence-electron chi connectivity index (χ4n) is 6.92. The first-order chi connectivity index (χ1) is 28.3. The summed E-state index contributed by atoms with van der Waals surface area (Å²) in [7, 11) is -3.71. The van der Waals surface area contributed by atoms with Crippen molar-refractivity contribution in [2.45, 2.75) is 95.5 Å². The lowest BCUT2D eigenvalue weighted by atomic mass is 9.87. The highest BCUT2D eigenvalue weighted by atomic mass is 32.2. The molecule has 0 amide bonds. The second-order valence-corrected chi connectivity index (χ2v) is 19.1. The molecule has 1 saturated heterocycles. The lowest BCUT2D eigenvalue weighted by Gasteiger charge is -2.34. The molecule has 5 aromatic rings. The van der Waals surface area contributed by atoms with Gasteiger partial charge in [-0.05, 0) is 97.8 Å². The lowest BCUT2D eigenvalue weighted by molar-refractivity contribution is -0.384. The van der Waals surface area contributed by atoms with Crippen LogP contribution in [-0.4, -0.2) is 76.9 Å². The highest BCUT2D eigenvalue weighted by Crippen LogP contribution is 2.29. The molecule has 0 bridgehead atoms. The number of guanidine groups is 1. The van der Waals surface area contributed by atoms with Gasteiger partial charge in [0.2, 0.25) is 10.0 Å². The number of piperidine rings is 1. The van der Waals surface area contributed by atoms with Gasteiger partial charge in [-0.3, -0.25) is 19.7 Å². The Morgan fingerprint density at radius 1 is 0.967 bits per heavy atom. The molecule has 15 nitrogen and oxygen atoms in total. The van der Waals surface area contributed by atoms with Gasteiger partial charge in [0, 0.05) is 60.5 Å². The van der Waals surface area contributed by atoms with Crippen molar-refractivity contribution in [2.75, 3.05) is 32.7 Å². The molecule has 7 N–H and O–H groups in total. The van der Waals surface area contributed by atoms with Crippen LogP contribution >= 0.6 is 0 Å². The van der Waals surface area contributed by atoms with E-state index >= 15 is 0 Å². The van der Waals surface area contributed by atoms with E-state index in [0.717, 1.165) is 78.9 Å². The number of hydrogen-bond donors (Lipinski definition) is 5. The molecule has 1 aliphatic heterocycles. The molecular weight excluding hydrogens is 781 g/mol. The number of H-pyrrole nitrogens is 1. The standard InChI is InChI=1S/C23H31N3O4S.C21H29N7O/c1-23(2,3)19-7-5-9-22(17-19)31(29,30)25(20-10-13-24-14-11-20)15-12-18-6-4-8-21(16-18)26(27)28;1-21(2,3)17-11-15-13-28(20(29)27-18(15)26-17)16-7-5-14(6-8-16)12-24-9-4-10-25-19(22)23/h4-9,16-17,20,24H,10-15H2,1-3H3;5-8,11,13,24H,4,9-10,12H2,1-3H3,(H4,22,23,25)(H,26,27,29). The van der Waals surface area contributed by atoms with Crippen molar-refractivity contribution in [2.24, 2.45) is 16.5 Å². The number of hydrogen-bond acceptors (Lipinski definition) is 9. The van der Waals surface area contributed by atoms with E-state index < -0.39 is 14.9 Å². The zero-order valence-corrected chi connectivity index (χ0v) is 36.4. The summed E-state index contributed by atoms with van der Waals surface area (Å²) in [5, 5.41) is 18.6. The average Bonchev–Trinajstić information content (AvgIpc) is 3.63. The summed E-state index contributed by atoms with van der Waals surface area (Å²) in [5.41, 5.74) is 15.5. The molecule has 0 radical (unpaired) electrons. The third-order valence-electron chi connectivity index (χ3n) is 10.4. The predicted octanol–water partition coefficient (Wildman–Crippen LogP) is 5.64. The van der Waals surface area contributed by atoms with E-state index in [0.29, 0.717) is 23.5 Å². The summed E-state index contributed by atoms with van der Waals surface area (Å²) in [6, 6.07) is 23.4. The molecule has 16 heteroatoms. The number of nitro benzene ring substituents is 1. The monoisotopic (exact) mass is 840 g/mol. The topological polar surface area (TPSA) is 220 Å². The Balaban J connectivity index is 0.000000228. The van der Waals surface area contributed by atoms with Crippen molar-refractivity contribution >= 4 is 32.7 Å². The summed E-state index contributed by atoms with van der Waals surface area (Å²) >= 11 is 0. The predicted molar refractivity (Wildman–Crippen MR) is 239 cm³/mol. The molecule has 3 heterocycles. The van der Waals surface area contributed by atoms with E-state index in [-0.39, 0.29) is 40.8 Å². The Labute approximate surface area is 352 Å². The normalized spacial score (nSPS) is 13.8. The Hall–Kier alpha value is -5.42. The van der Waals surface area contributed by atoms with Crippen molar-refractivity contribution in [3.63, 3.8) is 0 Å². The van der Waals surface area contributed by atoms with Gasteiger partial charge in [0.05, 0.1) is 15.5 Å². The fourth-order valence-corrected chi connectivity index (χ4v) is 8.65. The number of rotatable bonds is 14. The van der Waals surface area contributed by atoms with Crippen LogP contribution in [-0.2, 0) is 33.8 Å². The van der Waals surface area contributed by atoms with Crippen LogP contribution in [0.4, 0.5) is 5.69 Å². The molecule has 0 atom stereocenters. The van der Waals surface area contributed by atoms with Gasteiger partial charge >= 0.3 is 5.69 Å². The number of aliphatic imine (C=N–C) groups is 1. The first-order valence-corrected chi connectivity index (χ1v) is 21.8. The summed E-state index contributed by atoms with van der Waals surface area (Å²) in [5.74, 6) is 0.123. The van der Waals surface area contributed by atoms with Gasteiger partial charge in [0.25, 0.3) is 5.69 Å². The molecular formula is C44H60N10O5S. The van der Waals surface area contributed by atoms with Gasteiger partial charge in [-0.15, -0.1) is 0 Å². The van der Waals surface area contributed by atoms with Crippen molar-refractivity contribution in [3.05, 3.63) is 128 Å². The molecule has 0 spiro atoms. The third kappa shape index (κ3) is 12.3. The van der Waals surface area contributed by atoms with E-state index in [2.05, 4.69) is 73.2 Å². The van der Waals surface area contributed by atoms with Crippen LogP contribution in [0.25, 0.3) is 16.7 Å². The summed E-state index contributed by atoms with van der Waals surface area (Å²) < 4.78 is 30.6. The van der Waals surface area contributed by atoms with E-state index in [9.17, 15) is 23.3 Å². The zero-order chi connectivity index (χ0) is 43.7. The number of fused-ring (bicyclic) bond motifs is 1. The molecule has 0 unspecified atom stereocenters. The number of nitrogens with two attached hydrogens (primary N) is 2. The number of nitro groups is 1. The second-order valence-electron chi connectivity index (χ2n) is 17.2. The highest BCUT2D eigenvalue weighted by molar-refractivity contribution is 7.89. The minimum absolute atomic E-state index is 0.0200. The summed E-state index contributed by atoms with van der Waals surface area (Å²) in [4.78, 5) is 34.9. The Bertz CT molecular complexity index is 2420. The maximum absolute atomic E-state index is 13.7. The molecule has 2 aromatic heterocycles. The van der Waals surface area contributed by atoms with Gasteiger partial charge < -0.3 is 27.1 Å². The average molecular weight is 841 g/mol. The number of non-ortho nitro benzene ring substituents is 1. The lowest BCUT2D eigenvalue weighted by Crippen LogP contribution is -2.46. The molecule has 1 fully saturated rings. The van der Waals surface area contributed by atoms with Crippen LogP contribution in [0.15, 0.2) is 99.7 Å². The van der Waals surface area contributed by atoms with Gasteiger partial charge in [-0.2, -0.15) is 9.29 Å². The van der Waals surface area contributed by atoms with Gasteiger partial charge in [-0.1, -0.05) is 77.9 Å². The first kappa shape index (κ1) is 45.7. The Kier molecular flexibility index (Phi) is 15.0. The van der Waals surface area contributed by atoms with Crippen LogP contribution in [0.3, 0.4) is 0 Å². The van der Waals surface area contributed by atoms with E-state index in [1.165, 1.54) is 12.1 Å². The molecule has 322 valence electrons. The minimum Gasteiger partial charge on any atom is -0.370 e. The number of sulfonamides is 1. The highest BCUT2D eigenvalue weighted by Gasteiger charge is 2.33. The molecule has 0 aliphatic carbocycles. The molecule has 3 aromatic carbocycles. The summed E-state index contributed by atoms with van der Waals surface area (Å²) in [6.07, 6.45) is 4.61. The van der Waals surface area contributed by atoms with Crippen molar-refractivity contribution in [1.82, 2.24) is 29.5 Å². The van der Waals surface area contributed by atoms with E-state index in [1.807, 2.05) is 36.5 Å². The van der Waals surface area contributed by atoms with Crippen LogP contribution in [0.5, 0.6) is 0 Å². The maximum Gasteiger partial charge on any atom is 0.354 e. The Morgan fingerprint density at radius 3 is 2.32 bits per heavy atom. The molecule has 60 heavy (non-hydrogen) atoms. The molecule has 6 rings (SSSR count). The van der Waals surface area contributed by atoms with Crippen LogP contribution in [0, 0.1) is 10.1 Å². The molecule has 1 aliphatic rings. The van der Waals surface area contributed by atoms with Crippen molar-refractivity contribution in [1.29, 1.82) is 0 Å². The summed E-state index contributed by atoms with van der Waals surface area (Å²) in [6.45, 7) is 16.6. The number of nitrogens with one attached hydrogen (secondary N) is 3. The number of benzene rings is 3. The van der Waals surface area contributed by atoms with Crippen molar-refractivity contribution < 1.29 is 13.3 Å². The van der Waals surface area contributed by atoms with Crippen LogP contribution < -0.4 is 27.8 Å². The quantitative estimate of drug-likeness (QED) is 0.0305. The van der Waals surface area contributed by atoms with Crippen LogP contribution in [0.2, 0.25) is 0 Å². The number of aromatic nitrogens is 3. The van der Waals surface area contributed by atoms with Crippen LogP contribution in [0.1, 0.15) is 83.2 Å². The maximum atomic E-state index is 13.7. The fraction of sp³-hybridized carbons (Fsp3) is 0.432. The first-order valence-electron chi connectivity index (χ1n) is 20.4. The molecule has 0 saturated carbocycles. The Morgan fingerprint density at radius 2 is 1.67 bits per heavy atom. The third-order valence-corrected chi connectivity index (χ3v) is 12.4. The largest absolute Gasteiger partial charge is 0.370 e. The number of aromatic amines is 1. The van der Waals surface area contributed by atoms with Gasteiger partial charge in [0.1, 0.15) is 5.65 Å². The SMILES string of the molecule is CC(C)(C)c1cc2cn(-c3ccc(CNCCCN=C(N)N)cc3)c(=O)nc2[nH]1.CC(C)(C)c1cccc(S(=O)(=O)N(CCc2cccc([N+](=O)[O-])c2)C2CCNCC2)c1. The van der Waals surface area contributed by atoms with Gasteiger partial charge in [-0.25, -0.2) is 13.2 Å². The van der Waals surface area contributed by atoms with Gasteiger partial charge in [0.15, 0.2) is 5.96 Å². The van der Waals surface area contributed by atoms with Crippen molar-refractivity contribution in [3.8, 4) is 5.69 Å². The minimum atomic E-state index is -3.71. The smallest absolute Gasteiger partial charge is 0.354 e. The zero-order valence-electron chi connectivity index (χ0n) is 35.6. The number of nitrogens with zero attached hydrogens (tertiary/aromatic N) is 5. The van der Waals surface area contributed by atoms with E-state index in [1.54, 1.807) is 39.2 Å². The van der Waals surface area contributed by atoms with E-state index in [4.69, 9.17) is 11.5 Å². The second kappa shape index (κ2) is 19.8.